The lowest BCUT2D eigenvalue weighted by molar-refractivity contribution is 0.205. The van der Waals surface area contributed by atoms with Crippen LogP contribution in [0.2, 0.25) is 0 Å². The standard InChI is InChI=1S/C21H25N5O2/c1-3-7-26(8-4-2)9-10-28-19-12-18(23-14-24-19)20-16-6-5-15(13-22)11-17(16)25-21(20)27/h5-6,11-12,14,25,27H,3-4,7-10H2,1-2H3. The van der Waals surface area contributed by atoms with Crippen LogP contribution in [0.5, 0.6) is 11.8 Å². The van der Waals surface area contributed by atoms with E-state index in [2.05, 4.69) is 39.8 Å². The Hall–Kier alpha value is -3.11. The summed E-state index contributed by atoms with van der Waals surface area (Å²) in [5.41, 5.74) is 2.35. The Kier molecular flexibility index (Phi) is 6.45. The van der Waals surface area contributed by atoms with Gasteiger partial charge in [-0.05, 0) is 38.1 Å². The molecule has 0 saturated heterocycles. The molecule has 2 heterocycles. The van der Waals surface area contributed by atoms with Gasteiger partial charge in [-0.1, -0.05) is 19.9 Å². The van der Waals surface area contributed by atoms with Gasteiger partial charge in [0.25, 0.3) is 0 Å². The first kappa shape index (κ1) is 19.6. The highest BCUT2D eigenvalue weighted by Gasteiger charge is 2.16. The number of benzene rings is 1. The first-order valence-corrected chi connectivity index (χ1v) is 9.58. The van der Waals surface area contributed by atoms with Crippen LogP contribution in [0.3, 0.4) is 0 Å². The van der Waals surface area contributed by atoms with E-state index in [1.54, 1.807) is 24.3 Å². The zero-order valence-electron chi connectivity index (χ0n) is 16.3. The number of hydrogen-bond acceptors (Lipinski definition) is 6. The second-order valence-corrected chi connectivity index (χ2v) is 6.65. The molecule has 7 heteroatoms. The van der Waals surface area contributed by atoms with Crippen molar-refractivity contribution < 1.29 is 9.84 Å². The first-order valence-electron chi connectivity index (χ1n) is 9.58. The minimum Gasteiger partial charge on any atom is -0.494 e. The molecule has 0 aliphatic heterocycles. The maximum Gasteiger partial charge on any atom is 0.216 e. The van der Waals surface area contributed by atoms with Gasteiger partial charge in [0, 0.05) is 18.0 Å². The molecule has 0 atom stereocenters. The van der Waals surface area contributed by atoms with E-state index in [0.717, 1.165) is 37.9 Å². The number of aromatic amines is 1. The summed E-state index contributed by atoms with van der Waals surface area (Å²) in [5.74, 6) is 0.479. The molecule has 0 radical (unpaired) electrons. The molecule has 3 rings (SSSR count). The number of hydrogen-bond donors (Lipinski definition) is 2. The van der Waals surface area contributed by atoms with Crippen molar-refractivity contribution >= 4 is 10.9 Å². The van der Waals surface area contributed by atoms with E-state index in [1.807, 2.05) is 0 Å². The SMILES string of the molecule is CCCN(CCC)CCOc1cc(-c2c(O)[nH]c3cc(C#N)ccc23)ncn1. The molecular weight excluding hydrogens is 354 g/mol. The van der Waals surface area contributed by atoms with E-state index < -0.39 is 0 Å². The Morgan fingerprint density at radius 1 is 1.14 bits per heavy atom. The van der Waals surface area contributed by atoms with Crippen molar-refractivity contribution in [3.8, 4) is 29.1 Å². The fourth-order valence-electron chi connectivity index (χ4n) is 3.31. The Morgan fingerprint density at radius 2 is 1.93 bits per heavy atom. The fourth-order valence-corrected chi connectivity index (χ4v) is 3.31. The van der Waals surface area contributed by atoms with Crippen molar-refractivity contribution in [2.24, 2.45) is 0 Å². The zero-order chi connectivity index (χ0) is 19.9. The summed E-state index contributed by atoms with van der Waals surface area (Å²) in [6.07, 6.45) is 3.67. The van der Waals surface area contributed by atoms with Gasteiger partial charge >= 0.3 is 0 Å². The largest absolute Gasteiger partial charge is 0.494 e. The molecule has 3 aromatic rings. The van der Waals surface area contributed by atoms with Crippen LogP contribution < -0.4 is 4.74 Å². The summed E-state index contributed by atoms with van der Waals surface area (Å²) >= 11 is 0. The molecular formula is C21H25N5O2. The van der Waals surface area contributed by atoms with Crippen LogP contribution in [-0.4, -0.2) is 51.2 Å². The third-order valence-electron chi connectivity index (χ3n) is 4.54. The molecule has 2 aromatic heterocycles. The fraction of sp³-hybridized carbons (Fsp3) is 0.381. The van der Waals surface area contributed by atoms with Gasteiger partial charge in [-0.3, -0.25) is 4.90 Å². The minimum atomic E-state index is 0.00630. The van der Waals surface area contributed by atoms with Crippen molar-refractivity contribution in [1.82, 2.24) is 19.9 Å². The topological polar surface area (TPSA) is 98.1 Å². The van der Waals surface area contributed by atoms with E-state index in [-0.39, 0.29) is 5.88 Å². The van der Waals surface area contributed by atoms with E-state index in [1.165, 1.54) is 6.33 Å². The van der Waals surface area contributed by atoms with Crippen LogP contribution in [0.25, 0.3) is 22.2 Å². The van der Waals surface area contributed by atoms with E-state index in [9.17, 15) is 5.11 Å². The molecule has 0 spiro atoms. The number of nitrogens with zero attached hydrogens (tertiary/aromatic N) is 4. The average molecular weight is 379 g/mol. The molecule has 0 fully saturated rings. The molecule has 146 valence electrons. The summed E-state index contributed by atoms with van der Waals surface area (Å²) in [6, 6.07) is 9.04. The van der Waals surface area contributed by atoms with Gasteiger partial charge in [0.15, 0.2) is 5.88 Å². The number of aromatic nitrogens is 3. The summed E-state index contributed by atoms with van der Waals surface area (Å²) in [7, 11) is 0. The molecule has 1 aromatic carbocycles. The highest BCUT2D eigenvalue weighted by Crippen LogP contribution is 2.36. The number of ether oxygens (including phenoxy) is 1. The predicted molar refractivity (Wildman–Crippen MR) is 108 cm³/mol. The summed E-state index contributed by atoms with van der Waals surface area (Å²) < 4.78 is 5.83. The van der Waals surface area contributed by atoms with Gasteiger partial charge in [0.05, 0.1) is 28.4 Å². The second-order valence-electron chi connectivity index (χ2n) is 6.65. The molecule has 7 nitrogen and oxygen atoms in total. The monoisotopic (exact) mass is 379 g/mol. The Labute approximate surface area is 164 Å². The van der Waals surface area contributed by atoms with Gasteiger partial charge in [0.2, 0.25) is 5.88 Å². The smallest absolute Gasteiger partial charge is 0.216 e. The van der Waals surface area contributed by atoms with Gasteiger partial charge in [-0.2, -0.15) is 5.26 Å². The molecule has 0 unspecified atom stereocenters. The molecule has 0 bridgehead atoms. The number of H-pyrrole nitrogens is 1. The maximum absolute atomic E-state index is 10.4. The van der Waals surface area contributed by atoms with Crippen molar-refractivity contribution in [2.45, 2.75) is 26.7 Å². The van der Waals surface area contributed by atoms with Crippen LogP contribution in [0, 0.1) is 11.3 Å². The predicted octanol–water partition coefficient (Wildman–Crippen LogP) is 3.70. The normalized spacial score (nSPS) is 11.1. The number of aromatic hydroxyl groups is 1. The minimum absolute atomic E-state index is 0.00630. The highest BCUT2D eigenvalue weighted by molar-refractivity contribution is 5.98. The van der Waals surface area contributed by atoms with Crippen LogP contribution in [-0.2, 0) is 0 Å². The quantitative estimate of drug-likeness (QED) is 0.588. The molecule has 0 aliphatic rings. The van der Waals surface area contributed by atoms with Gasteiger partial charge < -0.3 is 14.8 Å². The number of fused-ring (bicyclic) bond motifs is 1. The van der Waals surface area contributed by atoms with Crippen LogP contribution in [0.4, 0.5) is 0 Å². The van der Waals surface area contributed by atoms with Crippen molar-refractivity contribution in [3.63, 3.8) is 0 Å². The zero-order valence-corrected chi connectivity index (χ0v) is 16.3. The third kappa shape index (κ3) is 4.41. The number of nitrogens with one attached hydrogen (secondary N) is 1. The second kappa shape index (κ2) is 9.20. The molecule has 0 aliphatic carbocycles. The van der Waals surface area contributed by atoms with Crippen molar-refractivity contribution in [1.29, 1.82) is 5.26 Å². The summed E-state index contributed by atoms with van der Waals surface area (Å²) in [5, 5.41) is 20.2. The van der Waals surface area contributed by atoms with Crippen LogP contribution in [0.15, 0.2) is 30.6 Å². The van der Waals surface area contributed by atoms with E-state index >= 15 is 0 Å². The number of nitriles is 1. The average Bonchev–Trinajstić information content (AvgIpc) is 3.03. The van der Waals surface area contributed by atoms with E-state index in [0.29, 0.717) is 34.8 Å². The molecule has 0 saturated carbocycles. The highest BCUT2D eigenvalue weighted by atomic mass is 16.5. The van der Waals surface area contributed by atoms with Gasteiger partial charge in [0.1, 0.15) is 12.9 Å². The third-order valence-corrected chi connectivity index (χ3v) is 4.54. The Morgan fingerprint density at radius 3 is 2.64 bits per heavy atom. The summed E-state index contributed by atoms with van der Waals surface area (Å²) in [4.78, 5) is 13.8. The van der Waals surface area contributed by atoms with Crippen LogP contribution in [0.1, 0.15) is 32.3 Å². The van der Waals surface area contributed by atoms with Crippen molar-refractivity contribution in [2.75, 3.05) is 26.2 Å². The lowest BCUT2D eigenvalue weighted by Crippen LogP contribution is -2.30. The molecule has 2 N–H and O–H groups in total. The van der Waals surface area contributed by atoms with E-state index in [4.69, 9.17) is 10.00 Å². The number of rotatable bonds is 9. The van der Waals surface area contributed by atoms with Crippen molar-refractivity contribution in [3.05, 3.63) is 36.2 Å². The Bertz CT molecular complexity index is 971. The van der Waals surface area contributed by atoms with Gasteiger partial charge in [-0.25, -0.2) is 9.97 Å². The first-order chi connectivity index (χ1) is 13.7. The van der Waals surface area contributed by atoms with Crippen LogP contribution >= 0.6 is 0 Å². The summed E-state index contributed by atoms with van der Waals surface area (Å²) in [6.45, 7) is 7.85. The van der Waals surface area contributed by atoms with Gasteiger partial charge in [-0.15, -0.1) is 0 Å². The molecule has 28 heavy (non-hydrogen) atoms. The lowest BCUT2D eigenvalue weighted by Gasteiger charge is -2.20. The molecule has 0 amide bonds. The lowest BCUT2D eigenvalue weighted by atomic mass is 10.1. The maximum atomic E-state index is 10.4. The Balaban J connectivity index is 1.77.